The lowest BCUT2D eigenvalue weighted by molar-refractivity contribution is -0.123. The number of para-hydroxylation sites is 1. The van der Waals surface area contributed by atoms with E-state index in [1.54, 1.807) is 24.3 Å². The summed E-state index contributed by atoms with van der Waals surface area (Å²) in [6, 6.07) is 7.01. The van der Waals surface area contributed by atoms with Crippen LogP contribution in [0.1, 0.15) is 44.0 Å². The van der Waals surface area contributed by atoms with Crippen LogP contribution in [0.5, 0.6) is 0 Å². The summed E-state index contributed by atoms with van der Waals surface area (Å²) >= 11 is 0. The maximum absolute atomic E-state index is 12.2. The maximum Gasteiger partial charge on any atom is 0.253 e. The van der Waals surface area contributed by atoms with Gasteiger partial charge >= 0.3 is 0 Å². The van der Waals surface area contributed by atoms with Gasteiger partial charge in [-0.3, -0.25) is 9.59 Å². The van der Waals surface area contributed by atoms with Gasteiger partial charge in [-0.2, -0.15) is 0 Å². The van der Waals surface area contributed by atoms with Crippen molar-refractivity contribution in [1.29, 1.82) is 0 Å². The van der Waals surface area contributed by atoms with Crippen molar-refractivity contribution in [1.82, 2.24) is 5.32 Å². The molecule has 0 saturated heterocycles. The molecule has 0 bridgehead atoms. The molecule has 0 radical (unpaired) electrons. The predicted molar refractivity (Wildman–Crippen MR) is 85.1 cm³/mol. The van der Waals surface area contributed by atoms with Gasteiger partial charge in [-0.05, 0) is 31.5 Å². The summed E-state index contributed by atoms with van der Waals surface area (Å²) in [5.74, 6) is -0.303. The zero-order chi connectivity index (χ0) is 15.9. The van der Waals surface area contributed by atoms with Gasteiger partial charge in [0.05, 0.1) is 11.3 Å². The molecule has 0 fully saturated rings. The average molecular weight is 291 g/mol. The second kappa shape index (κ2) is 7.78. The predicted octanol–water partition coefficient (Wildman–Crippen LogP) is 2.14. The number of nitrogens with one attached hydrogen (secondary N) is 2. The van der Waals surface area contributed by atoms with E-state index >= 15 is 0 Å². The van der Waals surface area contributed by atoms with E-state index in [2.05, 4.69) is 10.6 Å². The van der Waals surface area contributed by atoms with Crippen LogP contribution >= 0.6 is 0 Å². The van der Waals surface area contributed by atoms with Gasteiger partial charge in [0.1, 0.15) is 0 Å². The Kier molecular flexibility index (Phi) is 6.37. The van der Waals surface area contributed by atoms with Crippen LogP contribution in [0.15, 0.2) is 24.3 Å². The van der Waals surface area contributed by atoms with Gasteiger partial charge in [0.15, 0.2) is 0 Å². The van der Waals surface area contributed by atoms with Gasteiger partial charge in [-0.1, -0.05) is 32.9 Å². The molecular weight excluding hydrogens is 266 g/mol. The lowest BCUT2D eigenvalue weighted by Gasteiger charge is -2.19. The minimum absolute atomic E-state index is 0.120. The molecule has 2 amide bonds. The van der Waals surface area contributed by atoms with Gasteiger partial charge in [0.25, 0.3) is 5.91 Å². The molecule has 0 spiro atoms. The van der Waals surface area contributed by atoms with E-state index in [-0.39, 0.29) is 11.8 Å². The largest absolute Gasteiger partial charge is 0.352 e. The Morgan fingerprint density at radius 1 is 1.14 bits per heavy atom. The van der Waals surface area contributed by atoms with Crippen LogP contribution in [0, 0.1) is 5.41 Å². The fourth-order valence-electron chi connectivity index (χ4n) is 1.67. The van der Waals surface area contributed by atoms with E-state index in [1.807, 2.05) is 20.8 Å². The molecule has 5 heteroatoms. The Hall–Kier alpha value is -1.88. The number of rotatable bonds is 6. The summed E-state index contributed by atoms with van der Waals surface area (Å²) in [6.07, 6.45) is 1.72. The third-order valence-electron chi connectivity index (χ3n) is 3.02. The first-order valence-corrected chi connectivity index (χ1v) is 7.25. The Bertz CT molecular complexity index is 493. The number of carbonyl (C=O) groups excluding carboxylic acids is 2. The van der Waals surface area contributed by atoms with Gasteiger partial charge in [-0.15, -0.1) is 0 Å². The van der Waals surface area contributed by atoms with Crippen LogP contribution in [0.25, 0.3) is 0 Å². The lowest BCUT2D eigenvalue weighted by atomic mass is 9.95. The van der Waals surface area contributed by atoms with Crippen molar-refractivity contribution in [2.75, 3.05) is 18.4 Å². The highest BCUT2D eigenvalue weighted by molar-refractivity contribution is 6.04. The molecule has 0 aliphatic rings. The van der Waals surface area contributed by atoms with Crippen LogP contribution < -0.4 is 16.4 Å². The summed E-state index contributed by atoms with van der Waals surface area (Å²) < 4.78 is 0. The summed E-state index contributed by atoms with van der Waals surface area (Å²) in [7, 11) is 0. The molecule has 5 nitrogen and oxygen atoms in total. The van der Waals surface area contributed by atoms with Crippen molar-refractivity contribution in [2.24, 2.45) is 11.1 Å². The normalized spacial score (nSPS) is 11.0. The van der Waals surface area contributed by atoms with Gasteiger partial charge in [-0.25, -0.2) is 0 Å². The first-order valence-electron chi connectivity index (χ1n) is 7.25. The van der Waals surface area contributed by atoms with E-state index in [1.165, 1.54) is 0 Å². The SMILES string of the molecule is CC(C)(C)C(=O)Nc1ccccc1C(=O)NCCCCN. The van der Waals surface area contributed by atoms with Gasteiger partial charge in [0, 0.05) is 12.0 Å². The van der Waals surface area contributed by atoms with Crippen LogP contribution in [0.3, 0.4) is 0 Å². The maximum atomic E-state index is 12.2. The van der Waals surface area contributed by atoms with Crippen LogP contribution in [0.2, 0.25) is 0 Å². The van der Waals surface area contributed by atoms with Gasteiger partial charge < -0.3 is 16.4 Å². The number of benzene rings is 1. The topological polar surface area (TPSA) is 84.2 Å². The zero-order valence-electron chi connectivity index (χ0n) is 13.0. The van der Waals surface area contributed by atoms with Crippen molar-refractivity contribution in [2.45, 2.75) is 33.6 Å². The molecule has 21 heavy (non-hydrogen) atoms. The van der Waals surface area contributed by atoms with E-state index in [0.717, 1.165) is 12.8 Å². The third-order valence-corrected chi connectivity index (χ3v) is 3.02. The summed E-state index contributed by atoms with van der Waals surface area (Å²) in [5, 5.41) is 5.65. The fraction of sp³-hybridized carbons (Fsp3) is 0.500. The first kappa shape index (κ1) is 17.2. The van der Waals surface area contributed by atoms with Crippen molar-refractivity contribution in [3.8, 4) is 0 Å². The minimum Gasteiger partial charge on any atom is -0.352 e. The molecule has 0 unspecified atom stereocenters. The van der Waals surface area contributed by atoms with Crippen LogP contribution in [-0.4, -0.2) is 24.9 Å². The quantitative estimate of drug-likeness (QED) is 0.702. The number of nitrogens with two attached hydrogens (primary N) is 1. The summed E-state index contributed by atoms with van der Waals surface area (Å²) in [4.78, 5) is 24.2. The van der Waals surface area contributed by atoms with E-state index < -0.39 is 5.41 Å². The summed E-state index contributed by atoms with van der Waals surface area (Å²) in [6.45, 7) is 6.69. The molecule has 0 aliphatic carbocycles. The smallest absolute Gasteiger partial charge is 0.253 e. The highest BCUT2D eigenvalue weighted by atomic mass is 16.2. The molecule has 1 rings (SSSR count). The molecule has 0 aromatic heterocycles. The standard InChI is InChI=1S/C16H25N3O2/c1-16(2,3)15(21)19-13-9-5-4-8-12(13)14(20)18-11-7-6-10-17/h4-5,8-9H,6-7,10-11,17H2,1-3H3,(H,18,20)(H,19,21). The molecule has 0 saturated carbocycles. The molecular formula is C16H25N3O2. The average Bonchev–Trinajstić information content (AvgIpc) is 2.43. The van der Waals surface area contributed by atoms with Crippen LogP contribution in [-0.2, 0) is 4.79 Å². The van der Waals surface area contributed by atoms with Crippen molar-refractivity contribution >= 4 is 17.5 Å². The monoisotopic (exact) mass is 291 g/mol. The van der Waals surface area contributed by atoms with Crippen molar-refractivity contribution < 1.29 is 9.59 Å². The number of anilines is 1. The third kappa shape index (κ3) is 5.55. The molecule has 4 N–H and O–H groups in total. The first-order chi connectivity index (χ1) is 9.86. The molecule has 0 aliphatic heterocycles. The summed E-state index contributed by atoms with van der Waals surface area (Å²) in [5.41, 5.74) is 5.92. The number of unbranched alkanes of at least 4 members (excludes halogenated alkanes) is 1. The van der Waals surface area contributed by atoms with Gasteiger partial charge in [0.2, 0.25) is 5.91 Å². The van der Waals surface area contributed by atoms with E-state index in [0.29, 0.717) is 24.3 Å². The number of carbonyl (C=O) groups is 2. The Morgan fingerprint density at radius 2 is 1.81 bits per heavy atom. The van der Waals surface area contributed by atoms with Crippen molar-refractivity contribution in [3.63, 3.8) is 0 Å². The molecule has 0 heterocycles. The zero-order valence-corrected chi connectivity index (χ0v) is 13.0. The fourth-order valence-corrected chi connectivity index (χ4v) is 1.67. The molecule has 0 atom stereocenters. The van der Waals surface area contributed by atoms with E-state index in [4.69, 9.17) is 5.73 Å². The Balaban J connectivity index is 2.75. The van der Waals surface area contributed by atoms with E-state index in [9.17, 15) is 9.59 Å². The second-order valence-electron chi connectivity index (χ2n) is 6.00. The highest BCUT2D eigenvalue weighted by Gasteiger charge is 2.22. The Morgan fingerprint density at radius 3 is 2.43 bits per heavy atom. The highest BCUT2D eigenvalue weighted by Crippen LogP contribution is 2.20. The Labute approximate surface area is 126 Å². The second-order valence-corrected chi connectivity index (χ2v) is 6.00. The molecule has 116 valence electrons. The number of amides is 2. The molecule has 1 aromatic carbocycles. The minimum atomic E-state index is -0.509. The van der Waals surface area contributed by atoms with Crippen LogP contribution in [0.4, 0.5) is 5.69 Å². The number of hydrogen-bond donors (Lipinski definition) is 3. The van der Waals surface area contributed by atoms with Crippen molar-refractivity contribution in [3.05, 3.63) is 29.8 Å². The lowest BCUT2D eigenvalue weighted by Crippen LogP contribution is -2.30. The number of hydrogen-bond acceptors (Lipinski definition) is 3. The molecule has 1 aromatic rings.